The fourth-order valence-corrected chi connectivity index (χ4v) is 5.88. The number of anilines is 1. The molecular formula is C24H30Cl2N2O4S. The molecule has 1 aliphatic heterocycles. The minimum atomic E-state index is -3.79. The fraction of sp³-hybridized carbons (Fsp3) is 0.458. The summed E-state index contributed by atoms with van der Waals surface area (Å²) in [5, 5.41) is 3.63. The summed E-state index contributed by atoms with van der Waals surface area (Å²) >= 11 is 12.2. The van der Waals surface area contributed by atoms with Crippen LogP contribution < -0.4 is 14.4 Å². The number of para-hydroxylation sites is 1. The maximum atomic E-state index is 13.5. The molecule has 0 aliphatic carbocycles. The molecule has 180 valence electrons. The number of hydrogen-bond acceptors (Lipinski definition) is 4. The lowest BCUT2D eigenvalue weighted by Crippen LogP contribution is -2.52. The topological polar surface area (TPSA) is 75.7 Å². The number of sulfonamides is 1. The molecule has 0 aromatic heterocycles. The van der Waals surface area contributed by atoms with Crippen molar-refractivity contribution in [2.24, 2.45) is 0 Å². The van der Waals surface area contributed by atoms with Gasteiger partial charge in [-0.15, -0.1) is 0 Å². The van der Waals surface area contributed by atoms with Crippen molar-refractivity contribution in [2.45, 2.75) is 64.1 Å². The van der Waals surface area contributed by atoms with Gasteiger partial charge in [-0.05, 0) is 43.5 Å². The van der Waals surface area contributed by atoms with Crippen molar-refractivity contribution >= 4 is 44.8 Å². The van der Waals surface area contributed by atoms with Crippen LogP contribution in [0, 0.1) is 0 Å². The second-order valence-corrected chi connectivity index (χ2v) is 11.1. The fourth-order valence-electron chi connectivity index (χ4n) is 4.38. The lowest BCUT2D eigenvalue weighted by molar-refractivity contribution is -0.123. The van der Waals surface area contributed by atoms with E-state index in [0.717, 1.165) is 34.7 Å². The Morgan fingerprint density at radius 2 is 1.82 bits per heavy atom. The second kappa shape index (κ2) is 10.1. The summed E-state index contributed by atoms with van der Waals surface area (Å²) in [5.74, 6) is 0.368. The van der Waals surface area contributed by atoms with Crippen LogP contribution in [0.25, 0.3) is 0 Å². The summed E-state index contributed by atoms with van der Waals surface area (Å²) < 4.78 is 33.0. The van der Waals surface area contributed by atoms with Crippen LogP contribution in [0.15, 0.2) is 42.5 Å². The molecule has 0 fully saturated rings. The van der Waals surface area contributed by atoms with E-state index in [1.165, 1.54) is 12.1 Å². The van der Waals surface area contributed by atoms with Crippen LogP contribution in [0.3, 0.4) is 0 Å². The molecule has 0 radical (unpaired) electrons. The first kappa shape index (κ1) is 25.7. The molecule has 2 aromatic carbocycles. The Hall–Kier alpha value is -1.96. The highest BCUT2D eigenvalue weighted by molar-refractivity contribution is 7.92. The Balaban J connectivity index is 1.97. The first-order valence-corrected chi connectivity index (χ1v) is 13.7. The average Bonchev–Trinajstić information content (AvgIpc) is 2.78. The number of benzene rings is 2. The number of nitrogens with one attached hydrogen (secondary N) is 1. The molecule has 1 amide bonds. The highest BCUT2D eigenvalue weighted by Crippen LogP contribution is 2.42. The van der Waals surface area contributed by atoms with Crippen molar-refractivity contribution in [2.75, 3.05) is 10.6 Å². The van der Waals surface area contributed by atoms with Crippen molar-refractivity contribution in [1.82, 2.24) is 5.32 Å². The summed E-state index contributed by atoms with van der Waals surface area (Å²) in [6.07, 6.45) is 3.54. The van der Waals surface area contributed by atoms with Gasteiger partial charge in [0.05, 0.1) is 28.0 Å². The molecule has 3 rings (SSSR count). The zero-order chi connectivity index (χ0) is 24.4. The Morgan fingerprint density at radius 3 is 2.39 bits per heavy atom. The van der Waals surface area contributed by atoms with Gasteiger partial charge in [-0.3, -0.25) is 9.10 Å². The predicted octanol–water partition coefficient (Wildman–Crippen LogP) is 5.74. The molecule has 1 N–H and O–H groups in total. The number of carbonyl (C=O) groups excluding carboxylic acids is 1. The maximum Gasteiger partial charge on any atom is 0.244 e. The molecule has 2 aromatic rings. The van der Waals surface area contributed by atoms with E-state index in [9.17, 15) is 13.2 Å². The Labute approximate surface area is 206 Å². The van der Waals surface area contributed by atoms with E-state index < -0.39 is 21.7 Å². The third-order valence-electron chi connectivity index (χ3n) is 6.29. The minimum Gasteiger partial charge on any atom is -0.487 e. The highest BCUT2D eigenvalue weighted by atomic mass is 35.5. The number of nitrogens with zero attached hydrogens (tertiary/aromatic N) is 1. The first-order valence-electron chi connectivity index (χ1n) is 11.1. The average molecular weight is 513 g/mol. The Bertz CT molecular complexity index is 1120. The molecular weight excluding hydrogens is 483 g/mol. The summed E-state index contributed by atoms with van der Waals surface area (Å²) in [7, 11) is -3.79. The zero-order valence-electron chi connectivity index (χ0n) is 19.3. The molecule has 33 heavy (non-hydrogen) atoms. The standard InChI is InChI=1S/C24H30Cl2N2O4S/c1-5-21(28(33(4,30)31)16-12-13-18(25)19(26)14-16)23(29)27-20-15-24(6-2,7-3)32-22-11-9-8-10-17(20)22/h8-14,20-21H,5-7,15H2,1-4H3,(H,27,29). The van der Waals surface area contributed by atoms with Gasteiger partial charge in [-0.2, -0.15) is 0 Å². The molecule has 1 aliphatic rings. The third-order valence-corrected chi connectivity index (χ3v) is 8.21. The smallest absolute Gasteiger partial charge is 0.244 e. The Morgan fingerprint density at radius 1 is 1.15 bits per heavy atom. The van der Waals surface area contributed by atoms with E-state index in [1.807, 2.05) is 24.3 Å². The van der Waals surface area contributed by atoms with Crippen LogP contribution in [0.2, 0.25) is 10.0 Å². The van der Waals surface area contributed by atoms with Gasteiger partial charge in [0.25, 0.3) is 0 Å². The third kappa shape index (κ3) is 5.42. The number of ether oxygens (including phenoxy) is 1. The number of carbonyl (C=O) groups is 1. The van der Waals surface area contributed by atoms with Crippen molar-refractivity contribution in [1.29, 1.82) is 0 Å². The normalized spacial score (nSPS) is 18.1. The van der Waals surface area contributed by atoms with Crippen molar-refractivity contribution < 1.29 is 17.9 Å². The molecule has 0 spiro atoms. The number of halogens is 2. The van der Waals surface area contributed by atoms with Crippen molar-refractivity contribution in [3.05, 3.63) is 58.1 Å². The van der Waals surface area contributed by atoms with Crippen LogP contribution in [0.1, 0.15) is 58.1 Å². The van der Waals surface area contributed by atoms with E-state index >= 15 is 0 Å². The van der Waals surface area contributed by atoms with Gasteiger partial charge in [0.1, 0.15) is 17.4 Å². The van der Waals surface area contributed by atoms with Gasteiger partial charge in [-0.1, -0.05) is 62.2 Å². The molecule has 2 unspecified atom stereocenters. The Kier molecular flexibility index (Phi) is 7.87. The first-order chi connectivity index (χ1) is 15.5. The molecule has 9 heteroatoms. The van der Waals surface area contributed by atoms with Crippen LogP contribution in [-0.4, -0.2) is 32.2 Å². The summed E-state index contributed by atoms with van der Waals surface area (Å²) in [5.41, 5.74) is 0.783. The summed E-state index contributed by atoms with van der Waals surface area (Å²) in [4.78, 5) is 13.5. The molecule has 0 saturated heterocycles. The van der Waals surface area contributed by atoms with Gasteiger partial charge >= 0.3 is 0 Å². The molecule has 2 atom stereocenters. The monoisotopic (exact) mass is 512 g/mol. The largest absolute Gasteiger partial charge is 0.487 e. The van der Waals surface area contributed by atoms with Crippen LogP contribution >= 0.6 is 23.2 Å². The van der Waals surface area contributed by atoms with Crippen molar-refractivity contribution in [3.8, 4) is 5.75 Å². The van der Waals surface area contributed by atoms with E-state index in [1.54, 1.807) is 13.0 Å². The van der Waals surface area contributed by atoms with Crippen molar-refractivity contribution in [3.63, 3.8) is 0 Å². The number of amides is 1. The van der Waals surface area contributed by atoms with Gasteiger partial charge < -0.3 is 10.1 Å². The molecule has 1 heterocycles. The maximum absolute atomic E-state index is 13.5. The van der Waals surface area contributed by atoms with Gasteiger partial charge in [0.15, 0.2) is 0 Å². The lowest BCUT2D eigenvalue weighted by atomic mass is 9.83. The molecule has 0 bridgehead atoms. The van der Waals surface area contributed by atoms with E-state index in [0.29, 0.717) is 11.4 Å². The molecule has 6 nitrogen and oxygen atoms in total. The van der Waals surface area contributed by atoms with Gasteiger partial charge in [-0.25, -0.2) is 8.42 Å². The lowest BCUT2D eigenvalue weighted by Gasteiger charge is -2.42. The zero-order valence-corrected chi connectivity index (χ0v) is 21.6. The minimum absolute atomic E-state index is 0.215. The quantitative estimate of drug-likeness (QED) is 0.489. The van der Waals surface area contributed by atoms with Gasteiger partial charge in [0, 0.05) is 12.0 Å². The van der Waals surface area contributed by atoms with Crippen LogP contribution in [0.4, 0.5) is 5.69 Å². The van der Waals surface area contributed by atoms with Crippen LogP contribution in [0.5, 0.6) is 5.75 Å². The van der Waals surface area contributed by atoms with E-state index in [4.69, 9.17) is 27.9 Å². The van der Waals surface area contributed by atoms with E-state index in [-0.39, 0.29) is 29.1 Å². The summed E-state index contributed by atoms with van der Waals surface area (Å²) in [6, 6.07) is 10.9. The SMILES string of the molecule is CCC(C(=O)NC1CC(CC)(CC)Oc2ccccc21)N(c1ccc(Cl)c(Cl)c1)S(C)(=O)=O. The van der Waals surface area contributed by atoms with Crippen LogP contribution in [-0.2, 0) is 14.8 Å². The second-order valence-electron chi connectivity index (χ2n) is 8.38. The summed E-state index contributed by atoms with van der Waals surface area (Å²) in [6.45, 7) is 5.92. The highest BCUT2D eigenvalue weighted by Gasteiger charge is 2.40. The van der Waals surface area contributed by atoms with Gasteiger partial charge in [0.2, 0.25) is 15.9 Å². The van der Waals surface area contributed by atoms with E-state index in [2.05, 4.69) is 19.2 Å². The predicted molar refractivity (Wildman–Crippen MR) is 134 cm³/mol. The number of fused-ring (bicyclic) bond motifs is 1. The number of hydrogen-bond donors (Lipinski definition) is 1. The number of rotatable bonds is 8. The molecule has 0 saturated carbocycles.